The summed E-state index contributed by atoms with van der Waals surface area (Å²) in [4.78, 5) is 120. The number of halogens is 2. The van der Waals surface area contributed by atoms with Crippen LogP contribution in [0, 0.1) is 23.0 Å². The molecule has 1 heterocycles. The fraction of sp³-hybridized carbons (Fsp3) is 0.466. The first-order valence-corrected chi connectivity index (χ1v) is 26.9. The molecule has 6 atom stereocenters. The Labute approximate surface area is 476 Å². The molecule has 0 bridgehead atoms. The number of carboxylic acids is 1. The van der Waals surface area contributed by atoms with Crippen molar-refractivity contribution in [3.05, 3.63) is 120 Å². The number of hydrogen-bond donors (Lipinski definition) is 10. The van der Waals surface area contributed by atoms with Gasteiger partial charge in [0.1, 0.15) is 49.0 Å². The molecule has 1 unspecified atom stereocenters. The number of carbonyl (C=O) groups excluding carboxylic acids is 8. The van der Waals surface area contributed by atoms with Crippen LogP contribution in [0.25, 0.3) is 11.1 Å². The molecule has 22 nitrogen and oxygen atoms in total. The SMILES string of the molecule is CC(C)C(C)(CCC(=O)O)NCC(=O)NCCNC(=O)[C@H](CCN(C(=O)CO)[C@@H](c1cc(-c2cc(F)ccc2F)cn1Cc1ccccc1)C(C)(C)C)NC(=O)[C@H](CC(N)=O)NC(=O)[C@H](C)NC(=O)[C@H](C)NC(=O)OCc1ccccc1. The molecule has 4 aromatic rings. The van der Waals surface area contributed by atoms with Gasteiger partial charge in [-0.3, -0.25) is 38.4 Å². The minimum atomic E-state index is -1.75. The summed E-state index contributed by atoms with van der Waals surface area (Å²) in [6, 6.07) is 15.7. The molecule has 0 aliphatic carbocycles. The van der Waals surface area contributed by atoms with Gasteiger partial charge in [-0.05, 0) is 80.3 Å². The number of aromatic nitrogens is 1. The van der Waals surface area contributed by atoms with E-state index in [0.717, 1.165) is 23.8 Å². The summed E-state index contributed by atoms with van der Waals surface area (Å²) in [6.07, 6.45) is -0.356. The lowest BCUT2D eigenvalue weighted by Crippen LogP contribution is -2.58. The van der Waals surface area contributed by atoms with Crippen molar-refractivity contribution in [3.63, 3.8) is 0 Å². The normalized spacial score (nSPS) is 13.9. The Hall–Kier alpha value is -8.25. The average Bonchev–Trinajstić information content (AvgIpc) is 3.67. The first-order chi connectivity index (χ1) is 38.6. The summed E-state index contributed by atoms with van der Waals surface area (Å²) in [5.41, 5.74) is 6.10. The second-order valence-electron chi connectivity index (χ2n) is 21.6. The van der Waals surface area contributed by atoms with Crippen LogP contribution < -0.4 is 43.0 Å². The molecule has 11 N–H and O–H groups in total. The van der Waals surface area contributed by atoms with E-state index in [2.05, 4.69) is 37.2 Å². The van der Waals surface area contributed by atoms with Gasteiger partial charge in [-0.25, -0.2) is 13.6 Å². The number of nitrogens with two attached hydrogens (primary N) is 1. The van der Waals surface area contributed by atoms with Gasteiger partial charge in [0.05, 0.1) is 19.0 Å². The first kappa shape index (κ1) is 66.3. The zero-order valence-corrected chi connectivity index (χ0v) is 47.6. The molecule has 3 aromatic carbocycles. The molecule has 0 saturated carbocycles. The molecule has 0 aliphatic heterocycles. The molecule has 0 radical (unpaired) electrons. The van der Waals surface area contributed by atoms with Crippen molar-refractivity contribution < 1.29 is 66.9 Å². The van der Waals surface area contributed by atoms with E-state index < -0.39 is 119 Å². The quantitative estimate of drug-likeness (QED) is 0.0323. The Bertz CT molecular complexity index is 2850. The second kappa shape index (κ2) is 31.1. The molecule has 4 rings (SSSR count). The standard InChI is InChI=1S/C58H78F2N10O12/c1-35(2)58(8,23-21-50(75)76)64-30-48(73)62-24-25-63-54(79)44(67-55(80)45(29-47(61)72)68-53(78)36(3)65-52(77)37(4)66-56(81)82-34-39-17-13-10-14-18-39)22-26-70(49(74)33-71)51(57(5,6)7)46-27-40(42-28-41(59)19-20-43(42)60)32-69(46)31-38-15-11-9-12-16-38/h9-20,27-28,32,35-37,44-45,51,64,71H,21-26,29-31,33-34H2,1-8H3,(H2,61,72)(H,62,73)(H,63,79)(H,65,77)(H,66,81)(H,67,80)(H,68,78)(H,75,76)/t36-,37-,44-,45-,51-,58?/m0/s1. The van der Waals surface area contributed by atoms with E-state index in [1.54, 1.807) is 47.2 Å². The summed E-state index contributed by atoms with van der Waals surface area (Å²) in [7, 11) is 0. The van der Waals surface area contributed by atoms with E-state index in [1.165, 1.54) is 18.7 Å². The van der Waals surface area contributed by atoms with Gasteiger partial charge in [-0.2, -0.15) is 0 Å². The van der Waals surface area contributed by atoms with Crippen molar-refractivity contribution in [2.45, 2.75) is 130 Å². The monoisotopic (exact) mass is 1140 g/mol. The van der Waals surface area contributed by atoms with Crippen LogP contribution in [0.5, 0.6) is 0 Å². The van der Waals surface area contributed by atoms with Crippen LogP contribution in [0.15, 0.2) is 91.1 Å². The van der Waals surface area contributed by atoms with Gasteiger partial charge < -0.3 is 67.4 Å². The van der Waals surface area contributed by atoms with Gasteiger partial charge in [0.15, 0.2) is 0 Å². The zero-order chi connectivity index (χ0) is 60.9. The smallest absolute Gasteiger partial charge is 0.408 e. The van der Waals surface area contributed by atoms with E-state index in [9.17, 15) is 57.8 Å². The van der Waals surface area contributed by atoms with E-state index in [-0.39, 0.29) is 75.6 Å². The number of hydrogen-bond acceptors (Lipinski definition) is 12. The van der Waals surface area contributed by atoms with Gasteiger partial charge in [0.2, 0.25) is 41.4 Å². The number of aliphatic hydroxyl groups is 1. The van der Waals surface area contributed by atoms with Gasteiger partial charge in [-0.1, -0.05) is 95.3 Å². The highest BCUT2D eigenvalue weighted by atomic mass is 19.1. The number of rotatable bonds is 31. The van der Waals surface area contributed by atoms with E-state index in [4.69, 9.17) is 10.5 Å². The number of carboxylic acid groups (broad SMARTS) is 1. The number of ether oxygens (including phenoxy) is 1. The van der Waals surface area contributed by atoms with Gasteiger partial charge in [0.25, 0.3) is 0 Å². The maximum absolute atomic E-state index is 15.4. The van der Waals surface area contributed by atoms with E-state index >= 15 is 4.39 Å². The average molecular weight is 1150 g/mol. The minimum Gasteiger partial charge on any atom is -0.481 e. The Kier molecular flexibility index (Phi) is 25.1. The molecule has 1 aromatic heterocycles. The molecule has 0 saturated heterocycles. The molecular formula is C58H78F2N10O12. The lowest BCUT2D eigenvalue weighted by atomic mass is 9.82. The highest BCUT2D eigenvalue weighted by molar-refractivity contribution is 5.97. The van der Waals surface area contributed by atoms with Crippen molar-refractivity contribution >= 4 is 53.4 Å². The molecule has 24 heteroatoms. The summed E-state index contributed by atoms with van der Waals surface area (Å²) in [5, 5.41) is 37.9. The molecule has 0 aliphatic rings. The highest BCUT2D eigenvalue weighted by Gasteiger charge is 2.39. The number of nitrogens with zero attached hydrogens (tertiary/aromatic N) is 2. The maximum atomic E-state index is 15.4. The van der Waals surface area contributed by atoms with Crippen molar-refractivity contribution in [2.75, 3.05) is 32.8 Å². The summed E-state index contributed by atoms with van der Waals surface area (Å²) in [6.45, 7) is 11.9. The third-order valence-corrected chi connectivity index (χ3v) is 13.8. The third-order valence-electron chi connectivity index (χ3n) is 13.8. The third kappa shape index (κ3) is 20.7. The molecule has 0 spiro atoms. The highest BCUT2D eigenvalue weighted by Crippen LogP contribution is 2.41. The fourth-order valence-corrected chi connectivity index (χ4v) is 8.83. The van der Waals surface area contributed by atoms with Crippen LogP contribution >= 0.6 is 0 Å². The Morgan fingerprint density at radius 1 is 0.732 bits per heavy atom. The van der Waals surface area contributed by atoms with E-state index in [1.807, 2.05) is 71.9 Å². The van der Waals surface area contributed by atoms with Crippen molar-refractivity contribution in [3.8, 4) is 11.1 Å². The predicted octanol–water partition coefficient (Wildman–Crippen LogP) is 3.55. The molecule has 446 valence electrons. The Morgan fingerprint density at radius 2 is 1.33 bits per heavy atom. The topological polar surface area (TPSA) is 322 Å². The summed E-state index contributed by atoms with van der Waals surface area (Å²) >= 11 is 0. The zero-order valence-electron chi connectivity index (χ0n) is 47.6. The van der Waals surface area contributed by atoms with Gasteiger partial charge >= 0.3 is 12.1 Å². The summed E-state index contributed by atoms with van der Waals surface area (Å²) in [5.74, 6) is -8.51. The predicted molar refractivity (Wildman–Crippen MR) is 300 cm³/mol. The number of carbonyl (C=O) groups is 9. The Balaban J connectivity index is 1.63. The number of amides is 8. The second-order valence-corrected chi connectivity index (χ2v) is 21.6. The first-order valence-electron chi connectivity index (χ1n) is 26.9. The lowest BCUT2D eigenvalue weighted by Gasteiger charge is -2.41. The number of aliphatic carboxylic acids is 1. The van der Waals surface area contributed by atoms with Crippen molar-refractivity contribution in [1.29, 1.82) is 0 Å². The molecule has 0 fully saturated rings. The van der Waals surface area contributed by atoms with Crippen LogP contribution in [0.2, 0.25) is 0 Å². The number of primary amides is 1. The number of nitrogens with one attached hydrogen (secondary N) is 7. The van der Waals surface area contributed by atoms with Gasteiger partial charge in [0, 0.05) is 61.2 Å². The number of benzene rings is 3. The van der Waals surface area contributed by atoms with Crippen LogP contribution in [0.3, 0.4) is 0 Å². The number of alkyl carbamates (subject to hydrolysis) is 1. The van der Waals surface area contributed by atoms with Crippen molar-refractivity contribution in [1.82, 2.24) is 46.7 Å². The lowest BCUT2D eigenvalue weighted by molar-refractivity contribution is -0.140. The molecule has 82 heavy (non-hydrogen) atoms. The van der Waals surface area contributed by atoms with Crippen LogP contribution in [-0.4, -0.2) is 136 Å². The number of aliphatic hydroxyl groups excluding tert-OH is 1. The van der Waals surface area contributed by atoms with Crippen LogP contribution in [0.4, 0.5) is 13.6 Å². The molecule has 8 amide bonds. The molecular weight excluding hydrogens is 1070 g/mol. The van der Waals surface area contributed by atoms with E-state index in [0.29, 0.717) is 11.3 Å². The van der Waals surface area contributed by atoms with Crippen LogP contribution in [-0.2, 0) is 56.2 Å². The minimum absolute atomic E-state index is 0.0448. The maximum Gasteiger partial charge on any atom is 0.408 e. The summed E-state index contributed by atoms with van der Waals surface area (Å²) < 4.78 is 37.1. The largest absolute Gasteiger partial charge is 0.481 e. The Morgan fingerprint density at radius 3 is 1.93 bits per heavy atom. The van der Waals surface area contributed by atoms with Crippen LogP contribution in [0.1, 0.15) is 104 Å². The fourth-order valence-electron chi connectivity index (χ4n) is 8.83. The van der Waals surface area contributed by atoms with Crippen molar-refractivity contribution in [2.24, 2.45) is 17.1 Å². The van der Waals surface area contributed by atoms with Gasteiger partial charge in [-0.15, -0.1) is 0 Å².